The van der Waals surface area contributed by atoms with Gasteiger partial charge in [-0.15, -0.1) is 0 Å². The van der Waals surface area contributed by atoms with Gasteiger partial charge < -0.3 is 10.1 Å². The van der Waals surface area contributed by atoms with Crippen LogP contribution in [-0.4, -0.2) is 40.2 Å². The number of pyridine rings is 1. The molecule has 3 aromatic rings. The van der Waals surface area contributed by atoms with Crippen molar-refractivity contribution in [3.05, 3.63) is 52.9 Å². The molecule has 2 heterocycles. The fourth-order valence-electron chi connectivity index (χ4n) is 2.60. The molecule has 6 nitrogen and oxygen atoms in total. The Hall–Kier alpha value is -2.74. The van der Waals surface area contributed by atoms with E-state index in [-0.39, 0.29) is 16.7 Å². The summed E-state index contributed by atoms with van der Waals surface area (Å²) in [4.78, 5) is 16.3. The zero-order chi connectivity index (χ0) is 19.4. The highest BCUT2D eigenvalue weighted by Crippen LogP contribution is 2.26. The first-order chi connectivity index (χ1) is 13.0. The van der Waals surface area contributed by atoms with E-state index in [9.17, 15) is 13.6 Å². The standard InChI is InChI=1S/C18H17ClF2N4O2/c1-2-22-18(26)17-12-9-25(24-14(12)5-6-23-17)8-11-3-4-15(13(19)7-11)27-10-16(20)21/h3-7,9,16H,2,8,10H2,1H3,(H,22,26). The van der Waals surface area contributed by atoms with Crippen molar-refractivity contribution in [2.24, 2.45) is 0 Å². The van der Waals surface area contributed by atoms with Crippen LogP contribution in [0.2, 0.25) is 5.02 Å². The third-order valence-electron chi connectivity index (χ3n) is 3.74. The van der Waals surface area contributed by atoms with Gasteiger partial charge in [0.2, 0.25) is 0 Å². The minimum absolute atomic E-state index is 0.203. The number of benzene rings is 1. The number of nitrogens with zero attached hydrogens (tertiary/aromatic N) is 3. The van der Waals surface area contributed by atoms with E-state index >= 15 is 0 Å². The lowest BCUT2D eigenvalue weighted by Gasteiger charge is -2.09. The smallest absolute Gasteiger partial charge is 0.272 e. The Morgan fingerprint density at radius 1 is 1.37 bits per heavy atom. The number of rotatable bonds is 7. The predicted molar refractivity (Wildman–Crippen MR) is 97.6 cm³/mol. The maximum Gasteiger partial charge on any atom is 0.272 e. The van der Waals surface area contributed by atoms with E-state index < -0.39 is 13.0 Å². The van der Waals surface area contributed by atoms with E-state index in [1.54, 1.807) is 35.1 Å². The molecule has 142 valence electrons. The van der Waals surface area contributed by atoms with Gasteiger partial charge in [0.1, 0.15) is 18.1 Å². The highest BCUT2D eigenvalue weighted by atomic mass is 35.5. The fraction of sp³-hybridized carbons (Fsp3) is 0.278. The van der Waals surface area contributed by atoms with E-state index in [0.29, 0.717) is 29.7 Å². The molecule has 0 unspecified atom stereocenters. The molecule has 27 heavy (non-hydrogen) atoms. The third kappa shape index (κ3) is 4.51. The quantitative estimate of drug-likeness (QED) is 0.665. The predicted octanol–water partition coefficient (Wildman–Crippen LogP) is 3.53. The number of ether oxygens (including phenoxy) is 1. The number of hydrogen-bond donors (Lipinski definition) is 1. The zero-order valence-electron chi connectivity index (χ0n) is 14.5. The van der Waals surface area contributed by atoms with E-state index in [2.05, 4.69) is 15.4 Å². The Balaban J connectivity index is 1.81. The second-order valence-electron chi connectivity index (χ2n) is 5.75. The molecule has 1 N–H and O–H groups in total. The largest absolute Gasteiger partial charge is 0.486 e. The number of amides is 1. The maximum absolute atomic E-state index is 12.2. The Bertz CT molecular complexity index is 962. The van der Waals surface area contributed by atoms with Crippen LogP contribution in [-0.2, 0) is 6.54 Å². The molecule has 0 saturated carbocycles. The van der Waals surface area contributed by atoms with Crippen LogP contribution in [0, 0.1) is 0 Å². The monoisotopic (exact) mass is 394 g/mol. The van der Waals surface area contributed by atoms with Gasteiger partial charge in [-0.2, -0.15) is 5.10 Å². The average Bonchev–Trinajstić information content (AvgIpc) is 3.03. The molecular formula is C18H17ClF2N4O2. The normalized spacial score (nSPS) is 11.1. The first kappa shape index (κ1) is 19.0. The van der Waals surface area contributed by atoms with Crippen LogP contribution >= 0.6 is 11.6 Å². The third-order valence-corrected chi connectivity index (χ3v) is 4.03. The molecule has 0 aliphatic heterocycles. The lowest BCUT2D eigenvalue weighted by Crippen LogP contribution is -2.23. The summed E-state index contributed by atoms with van der Waals surface area (Å²) in [5.41, 5.74) is 1.77. The maximum atomic E-state index is 12.2. The minimum Gasteiger partial charge on any atom is -0.486 e. The Morgan fingerprint density at radius 3 is 2.89 bits per heavy atom. The molecule has 2 aromatic heterocycles. The molecule has 0 radical (unpaired) electrons. The first-order valence-corrected chi connectivity index (χ1v) is 8.65. The summed E-state index contributed by atoms with van der Waals surface area (Å²) in [5.74, 6) is -0.0553. The highest BCUT2D eigenvalue weighted by Gasteiger charge is 2.14. The van der Waals surface area contributed by atoms with Gasteiger partial charge in [-0.3, -0.25) is 14.5 Å². The summed E-state index contributed by atoms with van der Waals surface area (Å²) in [6, 6.07) is 6.63. The molecule has 0 bridgehead atoms. The molecule has 9 heteroatoms. The Labute approximate surface area is 159 Å². The molecule has 1 aromatic carbocycles. The first-order valence-electron chi connectivity index (χ1n) is 8.27. The lowest BCUT2D eigenvalue weighted by atomic mass is 10.2. The molecule has 0 aliphatic rings. The van der Waals surface area contributed by atoms with E-state index in [0.717, 1.165) is 5.56 Å². The van der Waals surface area contributed by atoms with Gasteiger partial charge in [-0.25, -0.2) is 8.78 Å². The summed E-state index contributed by atoms with van der Waals surface area (Å²) in [6.07, 6.45) is 0.711. The summed E-state index contributed by atoms with van der Waals surface area (Å²) >= 11 is 6.10. The van der Waals surface area contributed by atoms with Gasteiger partial charge >= 0.3 is 0 Å². The van der Waals surface area contributed by atoms with Crippen molar-refractivity contribution in [3.63, 3.8) is 0 Å². The van der Waals surface area contributed by atoms with E-state index in [1.807, 2.05) is 6.92 Å². The molecular weight excluding hydrogens is 378 g/mol. The number of aromatic nitrogens is 3. The SMILES string of the molecule is CCNC(=O)c1nccc2nn(Cc3ccc(OCC(F)F)c(Cl)c3)cc12. The second kappa shape index (κ2) is 8.30. The topological polar surface area (TPSA) is 69.0 Å². The van der Waals surface area contributed by atoms with Crippen LogP contribution in [0.4, 0.5) is 8.78 Å². The zero-order valence-corrected chi connectivity index (χ0v) is 15.2. The van der Waals surface area contributed by atoms with Crippen LogP contribution in [0.25, 0.3) is 10.9 Å². The van der Waals surface area contributed by atoms with Crippen molar-refractivity contribution in [1.29, 1.82) is 0 Å². The molecule has 3 rings (SSSR count). The number of fused-ring (bicyclic) bond motifs is 1. The van der Waals surface area contributed by atoms with E-state index in [1.165, 1.54) is 6.20 Å². The number of nitrogens with one attached hydrogen (secondary N) is 1. The lowest BCUT2D eigenvalue weighted by molar-refractivity contribution is 0.0819. The molecule has 0 aliphatic carbocycles. The molecule has 0 atom stereocenters. The van der Waals surface area contributed by atoms with E-state index in [4.69, 9.17) is 16.3 Å². The number of alkyl halides is 2. The average molecular weight is 395 g/mol. The fourth-order valence-corrected chi connectivity index (χ4v) is 2.86. The van der Waals surface area contributed by atoms with Gasteiger partial charge in [0.25, 0.3) is 12.3 Å². The highest BCUT2D eigenvalue weighted by molar-refractivity contribution is 6.32. The molecule has 0 saturated heterocycles. The van der Waals surface area contributed by atoms with Gasteiger partial charge in [0, 0.05) is 18.9 Å². The minimum atomic E-state index is -2.56. The van der Waals surface area contributed by atoms with Crippen molar-refractivity contribution in [3.8, 4) is 5.75 Å². The molecule has 0 spiro atoms. The molecule has 1 amide bonds. The van der Waals surface area contributed by atoms with Gasteiger partial charge in [-0.05, 0) is 30.7 Å². The molecule has 0 fully saturated rings. The number of halogens is 3. The summed E-state index contributed by atoms with van der Waals surface area (Å²) in [6.45, 7) is 2.01. The van der Waals surface area contributed by atoms with Crippen molar-refractivity contribution in [2.45, 2.75) is 19.9 Å². The van der Waals surface area contributed by atoms with Gasteiger partial charge in [-0.1, -0.05) is 17.7 Å². The van der Waals surface area contributed by atoms with Crippen molar-refractivity contribution in [1.82, 2.24) is 20.1 Å². The van der Waals surface area contributed by atoms with Gasteiger partial charge in [0.15, 0.2) is 0 Å². The summed E-state index contributed by atoms with van der Waals surface area (Å²) in [5, 5.41) is 8.06. The van der Waals surface area contributed by atoms with Crippen LogP contribution in [0.5, 0.6) is 5.75 Å². The van der Waals surface area contributed by atoms with Crippen molar-refractivity contribution in [2.75, 3.05) is 13.2 Å². The van der Waals surface area contributed by atoms with Gasteiger partial charge in [0.05, 0.1) is 22.5 Å². The second-order valence-corrected chi connectivity index (χ2v) is 6.15. The van der Waals surface area contributed by atoms with Crippen LogP contribution in [0.1, 0.15) is 23.0 Å². The van der Waals surface area contributed by atoms with Crippen LogP contribution < -0.4 is 10.1 Å². The summed E-state index contributed by atoms with van der Waals surface area (Å²) in [7, 11) is 0. The number of carbonyl (C=O) groups is 1. The van der Waals surface area contributed by atoms with Crippen molar-refractivity contribution < 1.29 is 18.3 Å². The van der Waals surface area contributed by atoms with Crippen molar-refractivity contribution >= 4 is 28.4 Å². The van der Waals surface area contributed by atoms with Crippen LogP contribution in [0.3, 0.4) is 0 Å². The summed E-state index contributed by atoms with van der Waals surface area (Å²) < 4.78 is 31.1. The van der Waals surface area contributed by atoms with Crippen LogP contribution in [0.15, 0.2) is 36.7 Å². The Kier molecular flexibility index (Phi) is 5.85. The Morgan fingerprint density at radius 2 is 2.19 bits per heavy atom. The number of hydrogen-bond acceptors (Lipinski definition) is 4. The number of carbonyl (C=O) groups excluding carboxylic acids is 1.